The molecule has 0 saturated carbocycles. The molecule has 0 aliphatic rings. The normalized spacial score (nSPS) is 10.6. The lowest BCUT2D eigenvalue weighted by Crippen LogP contribution is -2.32. The smallest absolute Gasteiger partial charge is 0.278 e. The molecule has 0 bridgehead atoms. The number of ether oxygens (including phenoxy) is 1. The zero-order chi connectivity index (χ0) is 23.4. The van der Waals surface area contributed by atoms with Crippen molar-refractivity contribution in [1.29, 1.82) is 0 Å². The van der Waals surface area contributed by atoms with Gasteiger partial charge in [-0.3, -0.25) is 24.3 Å². The minimum Gasteiger partial charge on any atom is -0.497 e. The largest absolute Gasteiger partial charge is 0.497 e. The number of rotatable bonds is 6. The maximum absolute atomic E-state index is 14.5. The maximum atomic E-state index is 14.5. The third-order valence-electron chi connectivity index (χ3n) is 4.90. The van der Waals surface area contributed by atoms with Crippen molar-refractivity contribution in [2.24, 2.45) is 0 Å². The molecule has 0 saturated heterocycles. The van der Waals surface area contributed by atoms with E-state index in [1.807, 2.05) is 0 Å². The molecule has 1 N–H and O–H groups in total. The highest BCUT2D eigenvalue weighted by Gasteiger charge is 2.16. The first kappa shape index (κ1) is 21.7. The van der Waals surface area contributed by atoms with Gasteiger partial charge in [-0.2, -0.15) is 5.10 Å². The monoisotopic (exact) mass is 446 g/mol. The van der Waals surface area contributed by atoms with Crippen LogP contribution in [0.3, 0.4) is 0 Å². The topological polar surface area (TPSA) is 95.2 Å². The van der Waals surface area contributed by atoms with Gasteiger partial charge < -0.3 is 4.74 Å². The molecule has 2 heterocycles. The number of pyridine rings is 1. The number of amides is 2. The van der Waals surface area contributed by atoms with Crippen LogP contribution in [-0.4, -0.2) is 33.3 Å². The van der Waals surface area contributed by atoms with Crippen LogP contribution in [0.4, 0.5) is 4.39 Å². The average Bonchev–Trinajstić information content (AvgIpc) is 3.31. The summed E-state index contributed by atoms with van der Waals surface area (Å²) in [6.45, 7) is 0. The summed E-state index contributed by atoms with van der Waals surface area (Å²) >= 11 is 0. The Balaban J connectivity index is 1.41. The highest BCUT2D eigenvalue weighted by molar-refractivity contribution is 6.04. The van der Waals surface area contributed by atoms with Crippen molar-refractivity contribution in [2.45, 2.75) is 6.42 Å². The molecule has 0 spiro atoms. The standard InChI is InChI=1S/C24H19FN4O4/c1-33-19-9-7-17(8-10-19)29-13-11-21(27-29)24(32)26-22(30)14-16-5-6-18(15-20(16)25)28-12-3-2-4-23(28)31/h2-13,15H,14H2,1H3,(H,26,30,32). The van der Waals surface area contributed by atoms with Crippen molar-refractivity contribution in [3.05, 3.63) is 107 Å². The molecule has 9 heteroatoms. The van der Waals surface area contributed by atoms with E-state index in [4.69, 9.17) is 4.74 Å². The lowest BCUT2D eigenvalue weighted by Gasteiger charge is -2.08. The van der Waals surface area contributed by atoms with E-state index in [0.29, 0.717) is 17.1 Å². The lowest BCUT2D eigenvalue weighted by molar-refractivity contribution is -0.119. The predicted molar refractivity (Wildman–Crippen MR) is 118 cm³/mol. The minimum atomic E-state index is -0.694. The average molecular weight is 446 g/mol. The van der Waals surface area contributed by atoms with E-state index in [2.05, 4.69) is 10.4 Å². The molecule has 4 rings (SSSR count). The third-order valence-corrected chi connectivity index (χ3v) is 4.90. The van der Waals surface area contributed by atoms with E-state index >= 15 is 0 Å². The zero-order valence-electron chi connectivity index (χ0n) is 17.6. The van der Waals surface area contributed by atoms with Gasteiger partial charge in [-0.05, 0) is 54.1 Å². The Morgan fingerprint density at radius 1 is 1.00 bits per heavy atom. The molecule has 0 aliphatic carbocycles. The number of carbonyl (C=O) groups is 2. The Morgan fingerprint density at radius 3 is 2.45 bits per heavy atom. The van der Waals surface area contributed by atoms with E-state index < -0.39 is 17.6 Å². The molecular formula is C24H19FN4O4. The molecule has 0 unspecified atom stereocenters. The summed E-state index contributed by atoms with van der Waals surface area (Å²) in [4.78, 5) is 36.6. The first-order valence-corrected chi connectivity index (χ1v) is 9.95. The number of benzene rings is 2. The van der Waals surface area contributed by atoms with Crippen molar-refractivity contribution < 1.29 is 18.7 Å². The van der Waals surface area contributed by atoms with Crippen LogP contribution < -0.4 is 15.6 Å². The highest BCUT2D eigenvalue weighted by atomic mass is 19.1. The fraction of sp³-hybridized carbons (Fsp3) is 0.0833. The Kier molecular flexibility index (Phi) is 6.12. The van der Waals surface area contributed by atoms with Crippen molar-refractivity contribution in [3.8, 4) is 17.1 Å². The van der Waals surface area contributed by atoms with E-state index in [9.17, 15) is 18.8 Å². The molecule has 0 aliphatic heterocycles. The summed E-state index contributed by atoms with van der Waals surface area (Å²) < 4.78 is 22.4. The Bertz CT molecular complexity index is 1380. The maximum Gasteiger partial charge on any atom is 0.278 e. The highest BCUT2D eigenvalue weighted by Crippen LogP contribution is 2.15. The first-order chi connectivity index (χ1) is 15.9. The fourth-order valence-electron chi connectivity index (χ4n) is 3.20. The summed E-state index contributed by atoms with van der Waals surface area (Å²) in [5.41, 5.74) is 0.876. The number of carbonyl (C=O) groups excluding carboxylic acids is 2. The quantitative estimate of drug-likeness (QED) is 0.491. The van der Waals surface area contributed by atoms with Crippen molar-refractivity contribution in [2.75, 3.05) is 7.11 Å². The Hall–Kier alpha value is -4.53. The van der Waals surface area contributed by atoms with Gasteiger partial charge in [-0.25, -0.2) is 9.07 Å². The van der Waals surface area contributed by atoms with Gasteiger partial charge in [0.15, 0.2) is 5.69 Å². The predicted octanol–water partition coefficient (Wildman–Crippen LogP) is 2.67. The number of methoxy groups -OCH3 is 1. The Morgan fingerprint density at radius 2 is 1.76 bits per heavy atom. The molecule has 0 radical (unpaired) electrons. The van der Waals surface area contributed by atoms with E-state index in [1.165, 1.54) is 45.8 Å². The molecule has 4 aromatic rings. The number of halogens is 1. The van der Waals surface area contributed by atoms with Crippen molar-refractivity contribution >= 4 is 11.8 Å². The number of nitrogens with one attached hydrogen (secondary N) is 1. The van der Waals surface area contributed by atoms with Gasteiger partial charge in [-0.1, -0.05) is 12.1 Å². The van der Waals surface area contributed by atoms with Crippen LogP contribution in [0, 0.1) is 5.82 Å². The van der Waals surface area contributed by atoms with E-state index in [-0.39, 0.29) is 23.2 Å². The van der Waals surface area contributed by atoms with Gasteiger partial charge in [-0.15, -0.1) is 0 Å². The van der Waals surface area contributed by atoms with Crippen LogP contribution >= 0.6 is 0 Å². The fourth-order valence-corrected chi connectivity index (χ4v) is 3.20. The summed E-state index contributed by atoms with van der Waals surface area (Å²) in [6, 6.07) is 17.3. The third kappa shape index (κ3) is 4.87. The molecule has 8 nitrogen and oxygen atoms in total. The molecule has 2 aromatic carbocycles. The van der Waals surface area contributed by atoms with Crippen molar-refractivity contribution in [3.63, 3.8) is 0 Å². The van der Waals surface area contributed by atoms with Gasteiger partial charge in [0.1, 0.15) is 11.6 Å². The van der Waals surface area contributed by atoms with Gasteiger partial charge >= 0.3 is 0 Å². The molecular weight excluding hydrogens is 427 g/mol. The number of nitrogens with zero attached hydrogens (tertiary/aromatic N) is 3. The van der Waals surface area contributed by atoms with Crippen molar-refractivity contribution in [1.82, 2.24) is 19.7 Å². The molecule has 2 amide bonds. The lowest BCUT2D eigenvalue weighted by atomic mass is 10.1. The SMILES string of the molecule is COc1ccc(-n2ccc(C(=O)NC(=O)Cc3ccc(-n4ccccc4=O)cc3F)n2)cc1. The van der Waals surface area contributed by atoms with Crippen LogP contribution in [0.1, 0.15) is 16.1 Å². The number of aromatic nitrogens is 3. The summed E-state index contributed by atoms with van der Waals surface area (Å²) in [6.07, 6.45) is 2.76. The number of hydrogen-bond acceptors (Lipinski definition) is 5. The second kappa shape index (κ2) is 9.31. The summed E-state index contributed by atoms with van der Waals surface area (Å²) in [5, 5.41) is 6.39. The Labute approximate surface area is 187 Å². The number of imide groups is 1. The van der Waals surface area contributed by atoms with Crippen LogP contribution in [-0.2, 0) is 11.2 Å². The van der Waals surface area contributed by atoms with Gasteiger partial charge in [0.25, 0.3) is 11.5 Å². The number of hydrogen-bond donors (Lipinski definition) is 1. The molecule has 0 atom stereocenters. The minimum absolute atomic E-state index is 0.0402. The second-order valence-electron chi connectivity index (χ2n) is 7.08. The van der Waals surface area contributed by atoms with Gasteiger partial charge in [0.05, 0.1) is 24.9 Å². The molecule has 166 valence electrons. The zero-order valence-corrected chi connectivity index (χ0v) is 17.6. The molecule has 2 aromatic heterocycles. The van der Waals surface area contributed by atoms with Crippen LogP contribution in [0.5, 0.6) is 5.75 Å². The van der Waals surface area contributed by atoms with Crippen LogP contribution in [0.2, 0.25) is 0 Å². The second-order valence-corrected chi connectivity index (χ2v) is 7.08. The van der Waals surface area contributed by atoms with Crippen LogP contribution in [0.15, 0.2) is 83.9 Å². The van der Waals surface area contributed by atoms with E-state index in [1.54, 1.807) is 49.7 Å². The molecule has 0 fully saturated rings. The van der Waals surface area contributed by atoms with E-state index in [0.717, 1.165) is 0 Å². The molecule has 33 heavy (non-hydrogen) atoms. The summed E-state index contributed by atoms with van der Waals surface area (Å²) in [5.74, 6) is -1.34. The van der Waals surface area contributed by atoms with Crippen LogP contribution in [0.25, 0.3) is 11.4 Å². The summed E-state index contributed by atoms with van der Waals surface area (Å²) in [7, 11) is 1.56. The van der Waals surface area contributed by atoms with Gasteiger partial charge in [0, 0.05) is 18.5 Å². The first-order valence-electron chi connectivity index (χ1n) is 9.95. The van der Waals surface area contributed by atoms with Gasteiger partial charge in [0.2, 0.25) is 5.91 Å².